The summed E-state index contributed by atoms with van der Waals surface area (Å²) in [6.45, 7) is 2.21. The lowest BCUT2D eigenvalue weighted by atomic mass is 10.1. The van der Waals surface area contributed by atoms with Crippen molar-refractivity contribution < 1.29 is 0 Å². The van der Waals surface area contributed by atoms with Gasteiger partial charge in [0.2, 0.25) is 0 Å². The van der Waals surface area contributed by atoms with Crippen molar-refractivity contribution in [1.82, 2.24) is 15.0 Å². The van der Waals surface area contributed by atoms with E-state index in [1.807, 2.05) is 24.5 Å². The molecule has 0 fully saturated rings. The van der Waals surface area contributed by atoms with Gasteiger partial charge in [0, 0.05) is 23.2 Å². The number of fused-ring (bicyclic) bond motifs is 3. The van der Waals surface area contributed by atoms with Crippen LogP contribution in [0.5, 0.6) is 0 Å². The molecular weight excluding hydrogens is 374 g/mol. The Labute approximate surface area is 157 Å². The van der Waals surface area contributed by atoms with Crippen molar-refractivity contribution in [3.05, 3.63) is 66.5 Å². The molecule has 0 atom stereocenters. The first-order chi connectivity index (χ1) is 11.8. The Bertz CT molecular complexity index is 1010. The summed E-state index contributed by atoms with van der Waals surface area (Å²) in [6.07, 6.45) is 7.18. The molecule has 0 N–H and O–H groups in total. The van der Waals surface area contributed by atoms with Gasteiger partial charge < -0.3 is 0 Å². The standard InChI is InChI=1S/C21H19N3.BrH/c1-2-3-5-15-11-13-22-19(14-15)18-10-9-17-8-7-16-6-4-12-23-20(16)21(17)24-18;/h4,6-14H,2-3,5H2,1H3;1H. The molecule has 4 heteroatoms. The van der Waals surface area contributed by atoms with Crippen LogP contribution < -0.4 is 0 Å². The minimum Gasteiger partial charge on any atom is -0.255 e. The van der Waals surface area contributed by atoms with E-state index in [2.05, 4.69) is 53.3 Å². The van der Waals surface area contributed by atoms with Crippen LogP contribution >= 0.6 is 17.0 Å². The van der Waals surface area contributed by atoms with Gasteiger partial charge >= 0.3 is 0 Å². The minimum atomic E-state index is 0. The van der Waals surface area contributed by atoms with Gasteiger partial charge in [0.25, 0.3) is 0 Å². The van der Waals surface area contributed by atoms with Crippen molar-refractivity contribution in [2.24, 2.45) is 0 Å². The van der Waals surface area contributed by atoms with E-state index in [0.717, 1.165) is 39.6 Å². The minimum absolute atomic E-state index is 0. The molecule has 3 aromatic heterocycles. The van der Waals surface area contributed by atoms with Crippen molar-refractivity contribution in [2.45, 2.75) is 26.2 Å². The molecule has 4 aromatic rings. The van der Waals surface area contributed by atoms with Crippen LogP contribution in [0, 0.1) is 0 Å². The van der Waals surface area contributed by atoms with Crippen LogP contribution in [0.2, 0.25) is 0 Å². The summed E-state index contributed by atoms with van der Waals surface area (Å²) in [5.41, 5.74) is 5.03. The Morgan fingerprint density at radius 1 is 0.800 bits per heavy atom. The summed E-state index contributed by atoms with van der Waals surface area (Å²) in [5.74, 6) is 0. The number of aromatic nitrogens is 3. The molecule has 0 aliphatic heterocycles. The maximum absolute atomic E-state index is 4.87. The van der Waals surface area contributed by atoms with Gasteiger partial charge in [-0.3, -0.25) is 9.97 Å². The number of benzene rings is 1. The number of unbranched alkanes of at least 4 members (excludes halogenated alkanes) is 1. The summed E-state index contributed by atoms with van der Waals surface area (Å²) >= 11 is 0. The highest BCUT2D eigenvalue weighted by Gasteiger charge is 2.07. The quantitative estimate of drug-likeness (QED) is 0.413. The lowest BCUT2D eigenvalue weighted by Crippen LogP contribution is -1.92. The van der Waals surface area contributed by atoms with Gasteiger partial charge in [-0.05, 0) is 42.7 Å². The monoisotopic (exact) mass is 393 g/mol. The van der Waals surface area contributed by atoms with Crippen LogP contribution in [-0.2, 0) is 6.42 Å². The highest BCUT2D eigenvalue weighted by molar-refractivity contribution is 8.93. The number of halogens is 1. The van der Waals surface area contributed by atoms with Crippen molar-refractivity contribution >= 4 is 38.8 Å². The molecule has 0 saturated carbocycles. The second-order valence-corrected chi connectivity index (χ2v) is 6.06. The average molecular weight is 394 g/mol. The molecule has 25 heavy (non-hydrogen) atoms. The molecular formula is C21H20BrN3. The van der Waals surface area contributed by atoms with Gasteiger partial charge in [-0.2, -0.15) is 0 Å². The Morgan fingerprint density at radius 2 is 1.60 bits per heavy atom. The van der Waals surface area contributed by atoms with E-state index in [9.17, 15) is 0 Å². The molecule has 4 rings (SSSR count). The molecule has 126 valence electrons. The second-order valence-electron chi connectivity index (χ2n) is 6.06. The van der Waals surface area contributed by atoms with Gasteiger partial charge in [-0.15, -0.1) is 17.0 Å². The maximum Gasteiger partial charge on any atom is 0.0972 e. The predicted octanol–water partition coefficient (Wildman–Crippen LogP) is 5.77. The number of rotatable bonds is 4. The van der Waals surface area contributed by atoms with Crippen LogP contribution in [0.4, 0.5) is 0 Å². The number of hydrogen-bond acceptors (Lipinski definition) is 3. The van der Waals surface area contributed by atoms with Crippen molar-refractivity contribution in [3.63, 3.8) is 0 Å². The van der Waals surface area contributed by atoms with E-state index >= 15 is 0 Å². The normalized spacial score (nSPS) is 10.8. The highest BCUT2D eigenvalue weighted by atomic mass is 79.9. The molecule has 3 heterocycles. The van der Waals surface area contributed by atoms with E-state index in [1.54, 1.807) is 0 Å². The first-order valence-corrected chi connectivity index (χ1v) is 8.45. The van der Waals surface area contributed by atoms with Crippen molar-refractivity contribution in [1.29, 1.82) is 0 Å². The second kappa shape index (κ2) is 7.70. The SMILES string of the molecule is Br.CCCCc1ccnc(-c2ccc3ccc4cccnc4c3n2)c1. The third-order valence-corrected chi connectivity index (χ3v) is 4.34. The van der Waals surface area contributed by atoms with E-state index in [1.165, 1.54) is 18.4 Å². The van der Waals surface area contributed by atoms with Gasteiger partial charge in [0.15, 0.2) is 0 Å². The third-order valence-electron chi connectivity index (χ3n) is 4.34. The molecule has 0 bridgehead atoms. The average Bonchev–Trinajstić information content (AvgIpc) is 2.66. The van der Waals surface area contributed by atoms with Gasteiger partial charge in [-0.1, -0.05) is 37.6 Å². The molecule has 0 radical (unpaired) electrons. The number of pyridine rings is 3. The van der Waals surface area contributed by atoms with Gasteiger partial charge in [0.1, 0.15) is 0 Å². The molecule has 0 amide bonds. The number of nitrogens with zero attached hydrogens (tertiary/aromatic N) is 3. The van der Waals surface area contributed by atoms with Crippen LogP contribution in [0.25, 0.3) is 33.2 Å². The van der Waals surface area contributed by atoms with Gasteiger partial charge in [0.05, 0.1) is 22.4 Å². The molecule has 0 aliphatic rings. The topological polar surface area (TPSA) is 38.7 Å². The predicted molar refractivity (Wildman–Crippen MR) is 109 cm³/mol. The Morgan fingerprint density at radius 3 is 2.44 bits per heavy atom. The third kappa shape index (κ3) is 3.54. The lowest BCUT2D eigenvalue weighted by molar-refractivity contribution is 0.794. The molecule has 1 aromatic carbocycles. The number of hydrogen-bond donors (Lipinski definition) is 0. The summed E-state index contributed by atoms with van der Waals surface area (Å²) in [7, 11) is 0. The van der Waals surface area contributed by atoms with Crippen molar-refractivity contribution in [2.75, 3.05) is 0 Å². The zero-order valence-corrected chi connectivity index (χ0v) is 15.9. The number of aryl methyl sites for hydroxylation is 1. The van der Waals surface area contributed by atoms with E-state index < -0.39 is 0 Å². The summed E-state index contributed by atoms with van der Waals surface area (Å²) in [5, 5.41) is 2.21. The Balaban J connectivity index is 0.00000182. The zero-order valence-electron chi connectivity index (χ0n) is 14.1. The first-order valence-electron chi connectivity index (χ1n) is 8.45. The summed E-state index contributed by atoms with van der Waals surface area (Å²) in [6, 6.07) is 16.6. The van der Waals surface area contributed by atoms with Crippen LogP contribution in [-0.4, -0.2) is 15.0 Å². The Hall–Kier alpha value is -2.33. The smallest absolute Gasteiger partial charge is 0.0972 e. The van der Waals surface area contributed by atoms with Gasteiger partial charge in [-0.25, -0.2) is 4.98 Å². The molecule has 0 aliphatic carbocycles. The Kier molecular flexibility index (Phi) is 5.39. The van der Waals surface area contributed by atoms with Crippen LogP contribution in [0.15, 0.2) is 60.9 Å². The highest BCUT2D eigenvalue weighted by Crippen LogP contribution is 2.25. The fraction of sp³-hybridized carbons (Fsp3) is 0.190. The molecule has 3 nitrogen and oxygen atoms in total. The van der Waals surface area contributed by atoms with Crippen LogP contribution in [0.1, 0.15) is 25.3 Å². The first kappa shape index (κ1) is 17.5. The molecule has 0 spiro atoms. The molecule has 0 saturated heterocycles. The van der Waals surface area contributed by atoms with E-state index in [0.29, 0.717) is 0 Å². The van der Waals surface area contributed by atoms with E-state index in [4.69, 9.17) is 4.98 Å². The lowest BCUT2D eigenvalue weighted by Gasteiger charge is -2.07. The van der Waals surface area contributed by atoms with Crippen LogP contribution in [0.3, 0.4) is 0 Å². The van der Waals surface area contributed by atoms with Crippen molar-refractivity contribution in [3.8, 4) is 11.4 Å². The summed E-state index contributed by atoms with van der Waals surface area (Å²) < 4.78 is 0. The van der Waals surface area contributed by atoms with E-state index in [-0.39, 0.29) is 17.0 Å². The maximum atomic E-state index is 4.87. The largest absolute Gasteiger partial charge is 0.255 e. The fourth-order valence-corrected chi connectivity index (χ4v) is 3.02. The molecule has 0 unspecified atom stereocenters. The summed E-state index contributed by atoms with van der Waals surface area (Å²) in [4.78, 5) is 13.9. The zero-order chi connectivity index (χ0) is 16.4. The fourth-order valence-electron chi connectivity index (χ4n) is 3.02.